The van der Waals surface area contributed by atoms with Crippen LogP contribution in [0.1, 0.15) is 24.1 Å². The summed E-state index contributed by atoms with van der Waals surface area (Å²) in [7, 11) is 0. The van der Waals surface area contributed by atoms with E-state index in [1.165, 1.54) is 18.5 Å². The van der Waals surface area contributed by atoms with Crippen LogP contribution in [-0.4, -0.2) is 20.7 Å². The minimum absolute atomic E-state index is 0.264. The van der Waals surface area contributed by atoms with Crippen LogP contribution >= 0.6 is 11.6 Å². The third kappa shape index (κ3) is 4.88. The molecule has 0 radical (unpaired) electrons. The molecule has 0 saturated heterocycles. The van der Waals surface area contributed by atoms with Crippen LogP contribution in [0.4, 0.5) is 16.0 Å². The van der Waals surface area contributed by atoms with Gasteiger partial charge in [0, 0.05) is 16.4 Å². The van der Waals surface area contributed by atoms with E-state index in [2.05, 4.69) is 20.7 Å². The molecule has 1 atom stereocenters. The van der Waals surface area contributed by atoms with E-state index in [0.29, 0.717) is 40.3 Å². The number of rotatable bonds is 6. The lowest BCUT2D eigenvalue weighted by molar-refractivity contribution is -0.113. The van der Waals surface area contributed by atoms with Crippen LogP contribution in [0, 0.1) is 5.82 Å². The lowest BCUT2D eigenvalue weighted by Crippen LogP contribution is -2.31. The molecule has 2 heterocycles. The van der Waals surface area contributed by atoms with Crippen molar-refractivity contribution >= 4 is 29.1 Å². The Labute approximate surface area is 206 Å². The number of amides is 1. The van der Waals surface area contributed by atoms with Crippen molar-refractivity contribution in [2.75, 3.05) is 10.6 Å². The maximum Gasteiger partial charge on any atom is 0.255 e. The lowest BCUT2D eigenvalue weighted by atomic mass is 9.95. The molecule has 1 amide bonds. The first-order valence-corrected chi connectivity index (χ1v) is 11.3. The third-order valence-electron chi connectivity index (χ3n) is 5.66. The number of carbonyl (C=O) groups is 1. The Morgan fingerprint density at radius 3 is 2.51 bits per heavy atom. The van der Waals surface area contributed by atoms with E-state index in [0.717, 1.165) is 11.1 Å². The second-order valence-electron chi connectivity index (χ2n) is 8.04. The number of carbonyl (C=O) groups excluding carboxylic acids is 1. The van der Waals surface area contributed by atoms with Crippen LogP contribution < -0.4 is 15.4 Å². The topological polar surface area (TPSA) is 81.1 Å². The maximum atomic E-state index is 13.4. The van der Waals surface area contributed by atoms with Gasteiger partial charge in [-0.1, -0.05) is 35.9 Å². The summed E-state index contributed by atoms with van der Waals surface area (Å²) in [4.78, 5) is 17.6. The van der Waals surface area contributed by atoms with Gasteiger partial charge in [-0.25, -0.2) is 9.07 Å². The van der Waals surface area contributed by atoms with Gasteiger partial charge in [0.2, 0.25) is 5.95 Å². The SMILES string of the molecule is CC1=C(C(=O)Nc2ccc(Cl)cc2)[C@@H](c2ccc(OCc3ccc(F)cc3)cc2)n2ncnc2N1. The smallest absolute Gasteiger partial charge is 0.255 e. The second kappa shape index (κ2) is 9.60. The highest BCUT2D eigenvalue weighted by Crippen LogP contribution is 2.36. The summed E-state index contributed by atoms with van der Waals surface area (Å²) in [5.74, 6) is 0.651. The molecule has 0 aliphatic carbocycles. The van der Waals surface area contributed by atoms with Crippen LogP contribution in [-0.2, 0) is 11.4 Å². The van der Waals surface area contributed by atoms with Crippen LogP contribution in [0.3, 0.4) is 0 Å². The number of allylic oxidation sites excluding steroid dienone is 1. The predicted molar refractivity (Wildman–Crippen MR) is 132 cm³/mol. The fourth-order valence-corrected chi connectivity index (χ4v) is 4.04. The molecule has 1 aliphatic heterocycles. The van der Waals surface area contributed by atoms with Gasteiger partial charge in [0.25, 0.3) is 5.91 Å². The van der Waals surface area contributed by atoms with Gasteiger partial charge in [0.1, 0.15) is 30.5 Å². The summed E-state index contributed by atoms with van der Waals surface area (Å²) < 4.78 is 20.6. The van der Waals surface area contributed by atoms with Gasteiger partial charge >= 0.3 is 0 Å². The highest BCUT2D eigenvalue weighted by Gasteiger charge is 2.33. The first kappa shape index (κ1) is 22.6. The summed E-state index contributed by atoms with van der Waals surface area (Å²) in [6, 6.07) is 20.1. The molecular formula is C26H21ClFN5O2. The molecule has 3 aromatic carbocycles. The zero-order valence-electron chi connectivity index (χ0n) is 18.7. The fraction of sp³-hybridized carbons (Fsp3) is 0.115. The van der Waals surface area contributed by atoms with Crippen LogP contribution in [0.5, 0.6) is 5.75 Å². The molecule has 0 saturated carbocycles. The van der Waals surface area contributed by atoms with Gasteiger partial charge in [-0.3, -0.25) is 4.79 Å². The van der Waals surface area contributed by atoms with Crippen molar-refractivity contribution in [2.45, 2.75) is 19.6 Å². The van der Waals surface area contributed by atoms with Gasteiger partial charge in [-0.15, -0.1) is 0 Å². The minimum atomic E-state index is -0.493. The summed E-state index contributed by atoms with van der Waals surface area (Å²) in [6.07, 6.45) is 1.45. The summed E-state index contributed by atoms with van der Waals surface area (Å²) in [6.45, 7) is 2.15. The van der Waals surface area contributed by atoms with Crippen molar-refractivity contribution < 1.29 is 13.9 Å². The highest BCUT2D eigenvalue weighted by molar-refractivity contribution is 6.30. The Morgan fingerprint density at radius 2 is 1.80 bits per heavy atom. The predicted octanol–water partition coefficient (Wildman–Crippen LogP) is 5.58. The summed E-state index contributed by atoms with van der Waals surface area (Å²) in [5, 5.41) is 11.0. The third-order valence-corrected chi connectivity index (χ3v) is 5.91. The van der Waals surface area contributed by atoms with Crippen LogP contribution in [0.25, 0.3) is 0 Å². The van der Waals surface area contributed by atoms with E-state index in [1.54, 1.807) is 41.1 Å². The number of hydrogen-bond donors (Lipinski definition) is 2. The molecule has 0 fully saturated rings. The largest absolute Gasteiger partial charge is 0.489 e. The van der Waals surface area contributed by atoms with Gasteiger partial charge in [0.05, 0.1) is 5.57 Å². The van der Waals surface area contributed by atoms with Crippen molar-refractivity contribution in [1.82, 2.24) is 14.8 Å². The molecule has 176 valence electrons. The van der Waals surface area contributed by atoms with E-state index in [1.807, 2.05) is 31.2 Å². The van der Waals surface area contributed by atoms with E-state index in [4.69, 9.17) is 16.3 Å². The number of nitrogens with one attached hydrogen (secondary N) is 2. The zero-order chi connectivity index (χ0) is 24.4. The Hall–Kier alpha value is -4.17. The highest BCUT2D eigenvalue weighted by atomic mass is 35.5. The second-order valence-corrected chi connectivity index (χ2v) is 8.48. The summed E-state index contributed by atoms with van der Waals surface area (Å²) >= 11 is 5.97. The molecule has 1 aromatic heterocycles. The molecule has 0 bridgehead atoms. The average molecular weight is 490 g/mol. The lowest BCUT2D eigenvalue weighted by Gasteiger charge is -2.28. The quantitative estimate of drug-likeness (QED) is 0.369. The van der Waals surface area contributed by atoms with Crippen molar-refractivity contribution in [1.29, 1.82) is 0 Å². The molecule has 5 rings (SSSR count). The maximum absolute atomic E-state index is 13.4. The van der Waals surface area contributed by atoms with E-state index >= 15 is 0 Å². The summed E-state index contributed by atoms with van der Waals surface area (Å²) in [5.41, 5.74) is 3.53. The Morgan fingerprint density at radius 1 is 1.09 bits per heavy atom. The Bertz CT molecular complexity index is 1380. The van der Waals surface area contributed by atoms with Crippen LogP contribution in [0.2, 0.25) is 5.02 Å². The van der Waals surface area contributed by atoms with Gasteiger partial charge in [-0.2, -0.15) is 10.1 Å². The Kier molecular flexibility index (Phi) is 6.20. The molecule has 35 heavy (non-hydrogen) atoms. The number of fused-ring (bicyclic) bond motifs is 1. The molecule has 4 aromatic rings. The van der Waals surface area contributed by atoms with E-state index in [-0.39, 0.29) is 11.7 Å². The molecule has 2 N–H and O–H groups in total. The van der Waals surface area contributed by atoms with Crippen molar-refractivity contribution in [3.8, 4) is 5.75 Å². The number of anilines is 2. The number of ether oxygens (including phenoxy) is 1. The van der Waals surface area contributed by atoms with E-state index < -0.39 is 6.04 Å². The van der Waals surface area contributed by atoms with Crippen molar-refractivity contribution in [2.24, 2.45) is 0 Å². The average Bonchev–Trinajstić information content (AvgIpc) is 3.32. The molecule has 0 unspecified atom stereocenters. The number of hydrogen-bond acceptors (Lipinski definition) is 5. The van der Waals surface area contributed by atoms with E-state index in [9.17, 15) is 9.18 Å². The first-order valence-electron chi connectivity index (χ1n) is 10.9. The first-order chi connectivity index (χ1) is 17.0. The minimum Gasteiger partial charge on any atom is -0.489 e. The molecular weight excluding hydrogens is 469 g/mol. The Balaban J connectivity index is 1.40. The monoisotopic (exact) mass is 489 g/mol. The number of halogens is 2. The molecule has 0 spiro atoms. The van der Waals surface area contributed by atoms with Gasteiger partial charge in [-0.05, 0) is 66.6 Å². The zero-order valence-corrected chi connectivity index (χ0v) is 19.5. The standard InChI is InChI=1S/C26H21ClFN5O2/c1-16-23(25(34)32-21-10-6-19(27)7-11-21)24(33-26(31-16)29-15-30-33)18-4-12-22(13-5-18)35-14-17-2-8-20(28)9-3-17/h2-13,15,24H,14H2,1H3,(H,32,34)(H,29,30,31)/t24-/m1/s1. The van der Waals surface area contributed by atoms with Crippen molar-refractivity contribution in [3.63, 3.8) is 0 Å². The number of nitrogens with zero attached hydrogens (tertiary/aromatic N) is 3. The van der Waals surface area contributed by atoms with Gasteiger partial charge in [0.15, 0.2) is 0 Å². The van der Waals surface area contributed by atoms with Crippen molar-refractivity contribution in [3.05, 3.63) is 112 Å². The molecule has 7 nitrogen and oxygen atoms in total. The normalized spacial score (nSPS) is 14.8. The van der Waals surface area contributed by atoms with Crippen LogP contribution in [0.15, 0.2) is 90.4 Å². The molecule has 1 aliphatic rings. The fourth-order valence-electron chi connectivity index (χ4n) is 3.92. The molecule has 9 heteroatoms. The number of benzene rings is 3. The van der Waals surface area contributed by atoms with Gasteiger partial charge < -0.3 is 15.4 Å². The number of aromatic nitrogens is 3.